The summed E-state index contributed by atoms with van der Waals surface area (Å²) >= 11 is 3.46. The van der Waals surface area contributed by atoms with Crippen LogP contribution in [-0.4, -0.2) is 33.4 Å². The maximum atomic E-state index is 5.90. The first kappa shape index (κ1) is 14.5. The standard InChI is InChI=1S/C14H18BrN5O/c1-14(2-4-21-5-3-14)9-20-13(17-18-19-20)10-6-11(15)8-12(16)7-10/h6-8H,2-5,9,16H2,1H3. The number of anilines is 1. The van der Waals surface area contributed by atoms with E-state index in [9.17, 15) is 0 Å². The molecule has 3 rings (SSSR count). The number of hydrogen-bond acceptors (Lipinski definition) is 5. The SMILES string of the molecule is CC1(Cn2nnnc2-c2cc(N)cc(Br)c2)CCOCC1. The molecular formula is C14H18BrN5O. The zero-order valence-corrected chi connectivity index (χ0v) is 13.5. The summed E-state index contributed by atoms with van der Waals surface area (Å²) in [5.74, 6) is 0.746. The molecule has 0 aliphatic carbocycles. The monoisotopic (exact) mass is 351 g/mol. The number of rotatable bonds is 3. The van der Waals surface area contributed by atoms with Gasteiger partial charge >= 0.3 is 0 Å². The average Bonchev–Trinajstić information content (AvgIpc) is 2.85. The van der Waals surface area contributed by atoms with E-state index in [1.807, 2.05) is 22.9 Å². The highest BCUT2D eigenvalue weighted by Gasteiger charge is 2.29. The molecule has 1 saturated heterocycles. The quantitative estimate of drug-likeness (QED) is 0.859. The lowest BCUT2D eigenvalue weighted by atomic mass is 9.82. The Kier molecular flexibility index (Phi) is 3.95. The lowest BCUT2D eigenvalue weighted by Crippen LogP contribution is -2.31. The van der Waals surface area contributed by atoms with Gasteiger partial charge in [0.2, 0.25) is 0 Å². The van der Waals surface area contributed by atoms with Gasteiger partial charge in [-0.1, -0.05) is 22.9 Å². The Morgan fingerprint density at radius 1 is 1.33 bits per heavy atom. The van der Waals surface area contributed by atoms with Crippen molar-refractivity contribution in [2.24, 2.45) is 5.41 Å². The summed E-state index contributed by atoms with van der Waals surface area (Å²) in [6.45, 7) is 4.65. The predicted octanol–water partition coefficient (Wildman–Crippen LogP) is 2.50. The van der Waals surface area contributed by atoms with Gasteiger partial charge in [-0.05, 0) is 46.9 Å². The molecule has 6 nitrogen and oxygen atoms in total. The van der Waals surface area contributed by atoms with E-state index in [2.05, 4.69) is 38.4 Å². The highest BCUT2D eigenvalue weighted by molar-refractivity contribution is 9.10. The fourth-order valence-electron chi connectivity index (χ4n) is 2.64. The van der Waals surface area contributed by atoms with Crippen molar-refractivity contribution < 1.29 is 4.74 Å². The number of benzene rings is 1. The highest BCUT2D eigenvalue weighted by atomic mass is 79.9. The molecule has 7 heteroatoms. The minimum atomic E-state index is 0.167. The second kappa shape index (κ2) is 5.73. The van der Waals surface area contributed by atoms with Crippen LogP contribution >= 0.6 is 15.9 Å². The van der Waals surface area contributed by atoms with Gasteiger partial charge in [-0.3, -0.25) is 0 Å². The van der Waals surface area contributed by atoms with Crippen LogP contribution in [0.4, 0.5) is 5.69 Å². The normalized spacial score (nSPS) is 17.8. The third kappa shape index (κ3) is 3.24. The molecule has 0 saturated carbocycles. The summed E-state index contributed by atoms with van der Waals surface area (Å²) < 4.78 is 8.24. The summed E-state index contributed by atoms with van der Waals surface area (Å²) in [6.07, 6.45) is 2.04. The minimum absolute atomic E-state index is 0.167. The first-order valence-electron chi connectivity index (χ1n) is 6.96. The van der Waals surface area contributed by atoms with Gasteiger partial charge < -0.3 is 10.5 Å². The van der Waals surface area contributed by atoms with Crippen molar-refractivity contribution in [2.45, 2.75) is 26.3 Å². The molecule has 0 unspecified atom stereocenters. The van der Waals surface area contributed by atoms with Gasteiger partial charge in [-0.25, -0.2) is 4.68 Å². The van der Waals surface area contributed by atoms with Crippen LogP contribution in [0.1, 0.15) is 19.8 Å². The summed E-state index contributed by atoms with van der Waals surface area (Å²) in [6, 6.07) is 5.72. The third-order valence-electron chi connectivity index (χ3n) is 3.94. The topological polar surface area (TPSA) is 78.9 Å². The molecule has 0 amide bonds. The fourth-order valence-corrected chi connectivity index (χ4v) is 3.15. The molecule has 1 fully saturated rings. The Bertz CT molecular complexity index is 616. The summed E-state index contributed by atoms with van der Waals surface area (Å²) in [7, 11) is 0. The molecule has 1 aromatic heterocycles. The minimum Gasteiger partial charge on any atom is -0.399 e. The van der Waals surface area contributed by atoms with Crippen molar-refractivity contribution in [1.29, 1.82) is 0 Å². The number of nitrogens with two attached hydrogens (primary N) is 1. The van der Waals surface area contributed by atoms with E-state index >= 15 is 0 Å². The lowest BCUT2D eigenvalue weighted by molar-refractivity contribution is 0.0138. The second-order valence-corrected chi connectivity index (χ2v) is 6.77. The Labute approximate surface area is 131 Å². The Balaban J connectivity index is 1.90. The van der Waals surface area contributed by atoms with E-state index in [0.717, 1.165) is 48.5 Å². The van der Waals surface area contributed by atoms with Crippen LogP contribution in [0.25, 0.3) is 11.4 Å². The molecule has 2 aromatic rings. The maximum absolute atomic E-state index is 5.90. The highest BCUT2D eigenvalue weighted by Crippen LogP contribution is 2.33. The van der Waals surface area contributed by atoms with Gasteiger partial charge in [0.05, 0.1) is 6.54 Å². The Morgan fingerprint density at radius 2 is 2.10 bits per heavy atom. The van der Waals surface area contributed by atoms with E-state index in [-0.39, 0.29) is 5.41 Å². The summed E-state index contributed by atoms with van der Waals surface area (Å²) in [5.41, 5.74) is 7.67. The van der Waals surface area contributed by atoms with Crippen LogP contribution in [0, 0.1) is 5.41 Å². The predicted molar refractivity (Wildman–Crippen MR) is 83.5 cm³/mol. The summed E-state index contributed by atoms with van der Waals surface area (Å²) in [4.78, 5) is 0. The lowest BCUT2D eigenvalue weighted by Gasteiger charge is -2.33. The Morgan fingerprint density at radius 3 is 2.81 bits per heavy atom. The number of aromatic nitrogens is 4. The first-order valence-corrected chi connectivity index (χ1v) is 7.75. The smallest absolute Gasteiger partial charge is 0.182 e. The van der Waals surface area contributed by atoms with Gasteiger partial charge in [0.15, 0.2) is 5.82 Å². The number of nitrogen functional groups attached to an aromatic ring is 1. The van der Waals surface area contributed by atoms with E-state index < -0.39 is 0 Å². The average molecular weight is 352 g/mol. The first-order chi connectivity index (χ1) is 10.1. The molecular weight excluding hydrogens is 334 g/mol. The van der Waals surface area contributed by atoms with Crippen LogP contribution in [0.15, 0.2) is 22.7 Å². The van der Waals surface area contributed by atoms with Crippen molar-refractivity contribution in [2.75, 3.05) is 18.9 Å². The number of nitrogens with zero attached hydrogens (tertiary/aromatic N) is 4. The molecule has 0 radical (unpaired) electrons. The molecule has 112 valence electrons. The fraction of sp³-hybridized carbons (Fsp3) is 0.500. The molecule has 2 heterocycles. The van der Waals surface area contributed by atoms with E-state index in [0.29, 0.717) is 5.69 Å². The van der Waals surface area contributed by atoms with Crippen molar-refractivity contribution >= 4 is 21.6 Å². The number of hydrogen-bond donors (Lipinski definition) is 1. The maximum Gasteiger partial charge on any atom is 0.182 e. The van der Waals surface area contributed by atoms with E-state index in [1.165, 1.54) is 0 Å². The zero-order chi connectivity index (χ0) is 14.9. The number of halogens is 1. The van der Waals surface area contributed by atoms with Crippen molar-refractivity contribution in [3.8, 4) is 11.4 Å². The van der Waals surface area contributed by atoms with Crippen LogP contribution in [0.5, 0.6) is 0 Å². The molecule has 1 aromatic carbocycles. The van der Waals surface area contributed by atoms with Crippen LogP contribution in [-0.2, 0) is 11.3 Å². The van der Waals surface area contributed by atoms with Crippen molar-refractivity contribution in [3.63, 3.8) is 0 Å². The van der Waals surface area contributed by atoms with Crippen molar-refractivity contribution in [3.05, 3.63) is 22.7 Å². The summed E-state index contributed by atoms with van der Waals surface area (Å²) in [5, 5.41) is 12.1. The van der Waals surface area contributed by atoms with Gasteiger partial charge in [0.25, 0.3) is 0 Å². The van der Waals surface area contributed by atoms with Crippen LogP contribution in [0.3, 0.4) is 0 Å². The molecule has 0 bridgehead atoms. The molecule has 2 N–H and O–H groups in total. The molecule has 1 aliphatic heterocycles. The molecule has 21 heavy (non-hydrogen) atoms. The van der Waals surface area contributed by atoms with Crippen molar-refractivity contribution in [1.82, 2.24) is 20.2 Å². The van der Waals surface area contributed by atoms with Crippen LogP contribution < -0.4 is 5.73 Å². The molecule has 0 atom stereocenters. The second-order valence-electron chi connectivity index (χ2n) is 5.86. The molecule has 1 aliphatic rings. The molecule has 0 spiro atoms. The zero-order valence-electron chi connectivity index (χ0n) is 11.9. The third-order valence-corrected chi connectivity index (χ3v) is 4.40. The number of ether oxygens (including phenoxy) is 1. The van der Waals surface area contributed by atoms with Gasteiger partial charge in [-0.15, -0.1) is 5.10 Å². The van der Waals surface area contributed by atoms with Gasteiger partial charge in [-0.2, -0.15) is 0 Å². The largest absolute Gasteiger partial charge is 0.399 e. The van der Waals surface area contributed by atoms with E-state index in [4.69, 9.17) is 10.5 Å². The van der Waals surface area contributed by atoms with E-state index in [1.54, 1.807) is 0 Å². The Hall–Kier alpha value is -1.47. The van der Waals surface area contributed by atoms with Gasteiger partial charge in [0, 0.05) is 28.9 Å². The number of tetrazole rings is 1. The van der Waals surface area contributed by atoms with Gasteiger partial charge in [0.1, 0.15) is 0 Å². The van der Waals surface area contributed by atoms with Crippen LogP contribution in [0.2, 0.25) is 0 Å².